The summed E-state index contributed by atoms with van der Waals surface area (Å²) in [5.74, 6) is -0.598. The molecule has 1 saturated carbocycles. The van der Waals surface area contributed by atoms with Gasteiger partial charge in [-0.15, -0.1) is 0 Å². The molecule has 0 saturated heterocycles. The van der Waals surface area contributed by atoms with Crippen molar-refractivity contribution in [3.05, 3.63) is 22.5 Å². The van der Waals surface area contributed by atoms with Crippen LogP contribution in [0.4, 0.5) is 0 Å². The highest BCUT2D eigenvalue weighted by molar-refractivity contribution is 6.06. The molecule has 1 N–H and O–H groups in total. The summed E-state index contributed by atoms with van der Waals surface area (Å²) in [5.41, 5.74) is 1.94. The van der Waals surface area contributed by atoms with Gasteiger partial charge in [-0.2, -0.15) is 0 Å². The van der Waals surface area contributed by atoms with Crippen LogP contribution >= 0.6 is 0 Å². The van der Waals surface area contributed by atoms with E-state index in [-0.39, 0.29) is 23.3 Å². The molecule has 6 heteroatoms. The Morgan fingerprint density at radius 3 is 2.33 bits per heavy atom. The Hall–Kier alpha value is -2.11. The van der Waals surface area contributed by atoms with Crippen LogP contribution in [0, 0.1) is 19.8 Å². The number of nitrogens with one attached hydrogen (secondary N) is 1. The summed E-state index contributed by atoms with van der Waals surface area (Å²) in [6.07, 6.45) is 3.95. The molecule has 1 amide bonds. The molecular formula is C18H26N2O4. The van der Waals surface area contributed by atoms with Gasteiger partial charge in [0.2, 0.25) is 5.91 Å². The molecule has 132 valence electrons. The van der Waals surface area contributed by atoms with Gasteiger partial charge in [-0.1, -0.05) is 12.8 Å². The number of nitrogens with zero attached hydrogens (tertiary/aromatic N) is 1. The molecule has 0 bridgehead atoms. The molecule has 1 aliphatic carbocycles. The average molecular weight is 334 g/mol. The van der Waals surface area contributed by atoms with Crippen molar-refractivity contribution in [2.24, 2.45) is 5.92 Å². The number of aromatic amines is 1. The molecule has 1 atom stereocenters. The van der Waals surface area contributed by atoms with Crippen LogP contribution in [0.1, 0.15) is 64.7 Å². The van der Waals surface area contributed by atoms with Crippen LogP contribution in [0.2, 0.25) is 0 Å². The van der Waals surface area contributed by atoms with Crippen molar-refractivity contribution in [1.29, 1.82) is 0 Å². The van der Waals surface area contributed by atoms with Crippen LogP contribution < -0.4 is 0 Å². The van der Waals surface area contributed by atoms with Crippen LogP contribution in [0.25, 0.3) is 0 Å². The number of esters is 1. The minimum Gasteiger partial charge on any atom is -0.464 e. The third-order valence-electron chi connectivity index (χ3n) is 5.09. The zero-order valence-electron chi connectivity index (χ0n) is 15.1. The van der Waals surface area contributed by atoms with Crippen molar-refractivity contribution < 1.29 is 19.1 Å². The Morgan fingerprint density at radius 2 is 1.79 bits per heavy atom. The number of methoxy groups -OCH3 is 1. The molecule has 1 aromatic rings. The van der Waals surface area contributed by atoms with Gasteiger partial charge in [0.25, 0.3) is 0 Å². The first-order valence-corrected chi connectivity index (χ1v) is 8.37. The maximum atomic E-state index is 12.9. The Labute approximate surface area is 142 Å². The van der Waals surface area contributed by atoms with Gasteiger partial charge in [-0.25, -0.2) is 4.79 Å². The first kappa shape index (κ1) is 18.2. The Balaban J connectivity index is 2.23. The fraction of sp³-hybridized carbons (Fsp3) is 0.611. The number of rotatable bonds is 5. The SMILES string of the molecule is COC(=O)c1[nH]c(C)c(C(=O)C(C)N(C)C(=O)C2CCCC2)c1C. The maximum absolute atomic E-state index is 12.9. The lowest BCUT2D eigenvalue weighted by Crippen LogP contribution is -2.43. The van der Waals surface area contributed by atoms with Gasteiger partial charge >= 0.3 is 5.97 Å². The van der Waals surface area contributed by atoms with Gasteiger partial charge < -0.3 is 14.6 Å². The van der Waals surface area contributed by atoms with Crippen LogP contribution in [-0.2, 0) is 9.53 Å². The lowest BCUT2D eigenvalue weighted by atomic mass is 9.98. The fourth-order valence-corrected chi connectivity index (χ4v) is 3.46. The second-order valence-corrected chi connectivity index (χ2v) is 6.59. The van der Waals surface area contributed by atoms with Gasteiger partial charge in [0.15, 0.2) is 5.78 Å². The number of ether oxygens (including phenoxy) is 1. The van der Waals surface area contributed by atoms with Crippen molar-refractivity contribution in [3.63, 3.8) is 0 Å². The molecule has 0 aromatic carbocycles. The Bertz CT molecular complexity index is 656. The minimum absolute atomic E-state index is 0.0318. The van der Waals surface area contributed by atoms with Crippen LogP contribution in [0.15, 0.2) is 0 Å². The normalized spacial score (nSPS) is 16.0. The number of hydrogen-bond acceptors (Lipinski definition) is 4. The zero-order valence-corrected chi connectivity index (χ0v) is 15.1. The molecular weight excluding hydrogens is 308 g/mol. The van der Waals surface area contributed by atoms with Gasteiger partial charge in [0.1, 0.15) is 5.69 Å². The van der Waals surface area contributed by atoms with E-state index in [0.717, 1.165) is 25.7 Å². The molecule has 24 heavy (non-hydrogen) atoms. The van der Waals surface area contributed by atoms with Crippen LogP contribution in [0.3, 0.4) is 0 Å². The van der Waals surface area contributed by atoms with Crippen molar-refractivity contribution in [3.8, 4) is 0 Å². The fourth-order valence-electron chi connectivity index (χ4n) is 3.46. The van der Waals surface area contributed by atoms with Gasteiger partial charge in [-0.05, 0) is 39.2 Å². The van der Waals surface area contributed by atoms with Crippen molar-refractivity contribution in [2.75, 3.05) is 14.2 Å². The van der Waals surface area contributed by atoms with E-state index in [2.05, 4.69) is 4.98 Å². The number of amides is 1. The molecule has 0 aliphatic heterocycles. The predicted molar refractivity (Wildman–Crippen MR) is 90.1 cm³/mol. The van der Waals surface area contributed by atoms with E-state index in [4.69, 9.17) is 4.74 Å². The number of hydrogen-bond donors (Lipinski definition) is 1. The van der Waals surface area contributed by atoms with E-state index < -0.39 is 12.0 Å². The quantitative estimate of drug-likeness (QED) is 0.663. The van der Waals surface area contributed by atoms with E-state index in [1.54, 1.807) is 32.7 Å². The van der Waals surface area contributed by atoms with E-state index in [1.165, 1.54) is 7.11 Å². The van der Waals surface area contributed by atoms with Crippen molar-refractivity contribution >= 4 is 17.7 Å². The molecule has 0 radical (unpaired) electrons. The number of carbonyl (C=O) groups excluding carboxylic acids is 3. The first-order chi connectivity index (χ1) is 11.3. The molecule has 1 aliphatic rings. The van der Waals surface area contributed by atoms with Gasteiger partial charge in [0, 0.05) is 24.2 Å². The predicted octanol–water partition coefficient (Wildman–Crippen LogP) is 2.64. The molecule has 1 aromatic heterocycles. The third kappa shape index (κ3) is 3.23. The number of carbonyl (C=O) groups is 3. The minimum atomic E-state index is -0.572. The second kappa shape index (κ2) is 7.20. The summed E-state index contributed by atoms with van der Waals surface area (Å²) in [7, 11) is 2.98. The molecule has 1 heterocycles. The summed E-state index contributed by atoms with van der Waals surface area (Å²) in [6.45, 7) is 5.20. The number of Topliss-reactive ketones (excluding diaryl/α,β-unsaturated/α-hetero) is 1. The third-order valence-corrected chi connectivity index (χ3v) is 5.09. The number of ketones is 1. The highest BCUT2D eigenvalue weighted by Crippen LogP contribution is 2.28. The molecule has 0 spiro atoms. The molecule has 1 unspecified atom stereocenters. The number of aryl methyl sites for hydroxylation is 1. The highest BCUT2D eigenvalue weighted by Gasteiger charge is 2.32. The summed E-state index contributed by atoms with van der Waals surface area (Å²) in [5, 5.41) is 0. The highest BCUT2D eigenvalue weighted by atomic mass is 16.5. The van der Waals surface area contributed by atoms with Crippen LogP contribution in [-0.4, -0.2) is 47.7 Å². The van der Waals surface area contributed by atoms with Gasteiger partial charge in [0.05, 0.1) is 13.2 Å². The first-order valence-electron chi connectivity index (χ1n) is 8.37. The lowest BCUT2D eigenvalue weighted by Gasteiger charge is -2.26. The molecule has 2 rings (SSSR count). The van der Waals surface area contributed by atoms with Crippen molar-refractivity contribution in [2.45, 2.75) is 52.5 Å². The number of aromatic nitrogens is 1. The maximum Gasteiger partial charge on any atom is 0.354 e. The standard InChI is InChI=1S/C18H26N2O4/c1-10-14(11(2)19-15(10)18(23)24-5)16(21)12(3)20(4)17(22)13-8-6-7-9-13/h12-13,19H,6-9H2,1-5H3. The molecule has 6 nitrogen and oxygen atoms in total. The summed E-state index contributed by atoms with van der Waals surface area (Å²) < 4.78 is 4.73. The Morgan fingerprint density at radius 1 is 1.21 bits per heavy atom. The zero-order chi connectivity index (χ0) is 18.0. The summed E-state index contributed by atoms with van der Waals surface area (Å²) in [6, 6.07) is -0.572. The largest absolute Gasteiger partial charge is 0.464 e. The van der Waals surface area contributed by atoms with E-state index in [0.29, 0.717) is 16.8 Å². The van der Waals surface area contributed by atoms with E-state index >= 15 is 0 Å². The second-order valence-electron chi connectivity index (χ2n) is 6.59. The number of H-pyrrole nitrogens is 1. The number of likely N-dealkylation sites (N-methyl/N-ethyl adjacent to an activating group) is 1. The lowest BCUT2D eigenvalue weighted by molar-refractivity contribution is -0.135. The van der Waals surface area contributed by atoms with Crippen molar-refractivity contribution in [1.82, 2.24) is 9.88 Å². The van der Waals surface area contributed by atoms with E-state index in [1.807, 2.05) is 0 Å². The Kier molecular flexibility index (Phi) is 5.47. The topological polar surface area (TPSA) is 79.5 Å². The smallest absolute Gasteiger partial charge is 0.354 e. The van der Waals surface area contributed by atoms with Gasteiger partial charge in [-0.3, -0.25) is 9.59 Å². The molecule has 1 fully saturated rings. The summed E-state index contributed by atoms with van der Waals surface area (Å²) >= 11 is 0. The average Bonchev–Trinajstić information content (AvgIpc) is 3.20. The van der Waals surface area contributed by atoms with Crippen LogP contribution in [0.5, 0.6) is 0 Å². The monoisotopic (exact) mass is 334 g/mol. The summed E-state index contributed by atoms with van der Waals surface area (Å²) in [4.78, 5) is 41.7. The van der Waals surface area contributed by atoms with E-state index in [9.17, 15) is 14.4 Å².